The molecule has 0 saturated carbocycles. The lowest BCUT2D eigenvalue weighted by Crippen LogP contribution is -2.26. The molecule has 0 fully saturated rings. The third-order valence-corrected chi connectivity index (χ3v) is 3.42. The van der Waals surface area contributed by atoms with Gasteiger partial charge in [-0.1, -0.05) is 44.2 Å². The maximum Gasteiger partial charge on any atom is 0.261 e. The van der Waals surface area contributed by atoms with Gasteiger partial charge in [-0.3, -0.25) is 9.48 Å². The van der Waals surface area contributed by atoms with Crippen molar-refractivity contribution in [2.75, 3.05) is 0 Å². The van der Waals surface area contributed by atoms with E-state index in [1.165, 1.54) is 0 Å². The van der Waals surface area contributed by atoms with E-state index in [1.54, 1.807) is 4.68 Å². The molecule has 1 aromatic carbocycles. The lowest BCUT2D eigenvalue weighted by Gasteiger charge is -2.10. The van der Waals surface area contributed by atoms with Crippen LogP contribution in [0.4, 0.5) is 0 Å². The molecule has 2 rings (SSSR count). The van der Waals surface area contributed by atoms with Crippen molar-refractivity contribution in [1.29, 1.82) is 0 Å². The molecule has 0 bridgehead atoms. The van der Waals surface area contributed by atoms with Gasteiger partial charge in [-0.25, -0.2) is 5.43 Å². The first-order valence-corrected chi connectivity index (χ1v) is 7.87. The summed E-state index contributed by atoms with van der Waals surface area (Å²) in [5.41, 5.74) is 6.46. The van der Waals surface area contributed by atoms with Gasteiger partial charge in [0.25, 0.3) is 5.91 Å². The summed E-state index contributed by atoms with van der Waals surface area (Å²) in [5, 5.41) is 8.63. The number of hydrazone groups is 1. The summed E-state index contributed by atoms with van der Waals surface area (Å²) < 4.78 is 1.69. The molecule has 2 aromatic rings. The van der Waals surface area contributed by atoms with Gasteiger partial charge in [-0.05, 0) is 37.8 Å². The molecule has 0 aliphatic heterocycles. The number of nitrogens with zero attached hydrogens (tertiary/aromatic N) is 3. The minimum absolute atomic E-state index is 0.173. The molecule has 0 aliphatic rings. The molecule has 122 valence electrons. The van der Waals surface area contributed by atoms with Crippen LogP contribution < -0.4 is 5.43 Å². The molecular formula is C18H24N4O. The van der Waals surface area contributed by atoms with Crippen LogP contribution in [-0.4, -0.2) is 21.4 Å². The Labute approximate surface area is 137 Å². The molecule has 0 atom stereocenters. The van der Waals surface area contributed by atoms with Crippen molar-refractivity contribution in [3.63, 3.8) is 0 Å². The molecule has 1 amide bonds. The molecule has 0 saturated heterocycles. The smallest absolute Gasteiger partial charge is 0.261 e. The third-order valence-electron chi connectivity index (χ3n) is 3.42. The number of aromatic nitrogens is 2. The second-order valence-corrected chi connectivity index (χ2v) is 6.14. The second kappa shape index (κ2) is 7.72. The fraction of sp³-hybridized carbons (Fsp3) is 0.389. The number of hydrogen-bond acceptors (Lipinski definition) is 3. The number of carbonyl (C=O) groups excluding carboxylic acids is 1. The van der Waals surface area contributed by atoms with Crippen molar-refractivity contribution in [1.82, 2.24) is 15.2 Å². The van der Waals surface area contributed by atoms with Gasteiger partial charge in [0.2, 0.25) is 0 Å². The molecule has 0 aliphatic carbocycles. The topological polar surface area (TPSA) is 59.3 Å². The first kappa shape index (κ1) is 16.9. The van der Waals surface area contributed by atoms with E-state index < -0.39 is 0 Å². The summed E-state index contributed by atoms with van der Waals surface area (Å²) in [5.74, 6) is 0.287. The van der Waals surface area contributed by atoms with Crippen molar-refractivity contribution in [3.05, 3.63) is 53.3 Å². The molecule has 5 heteroatoms. The van der Waals surface area contributed by atoms with E-state index in [1.807, 2.05) is 50.2 Å². The van der Waals surface area contributed by atoms with E-state index in [-0.39, 0.29) is 12.5 Å². The molecule has 23 heavy (non-hydrogen) atoms. The minimum Gasteiger partial charge on any atom is -0.271 e. The highest BCUT2D eigenvalue weighted by atomic mass is 16.2. The average Bonchev–Trinajstić information content (AvgIpc) is 2.81. The van der Waals surface area contributed by atoms with Crippen LogP contribution >= 0.6 is 0 Å². The fourth-order valence-corrected chi connectivity index (χ4v) is 2.38. The number of rotatable bonds is 6. The van der Waals surface area contributed by atoms with Gasteiger partial charge in [0, 0.05) is 5.69 Å². The van der Waals surface area contributed by atoms with Crippen LogP contribution in [-0.2, 0) is 11.3 Å². The Morgan fingerprint density at radius 2 is 1.96 bits per heavy atom. The highest BCUT2D eigenvalue weighted by molar-refractivity contribution is 6.01. The minimum atomic E-state index is -0.173. The zero-order valence-corrected chi connectivity index (χ0v) is 14.2. The lowest BCUT2D eigenvalue weighted by atomic mass is 10.0. The van der Waals surface area contributed by atoms with Crippen molar-refractivity contribution in [3.8, 4) is 0 Å². The molecule has 0 spiro atoms. The van der Waals surface area contributed by atoms with Gasteiger partial charge in [-0.15, -0.1) is 0 Å². The van der Waals surface area contributed by atoms with Gasteiger partial charge in [-0.2, -0.15) is 10.2 Å². The van der Waals surface area contributed by atoms with Crippen LogP contribution in [0.5, 0.6) is 0 Å². The van der Waals surface area contributed by atoms with E-state index in [2.05, 4.69) is 29.5 Å². The van der Waals surface area contributed by atoms with E-state index >= 15 is 0 Å². The predicted molar refractivity (Wildman–Crippen MR) is 92.3 cm³/mol. The van der Waals surface area contributed by atoms with Crippen LogP contribution in [0, 0.1) is 19.8 Å². The molecule has 0 unspecified atom stereocenters. The Balaban J connectivity index is 2.07. The average molecular weight is 312 g/mol. The van der Waals surface area contributed by atoms with Gasteiger partial charge >= 0.3 is 0 Å². The highest BCUT2D eigenvalue weighted by Crippen LogP contribution is 2.10. The quantitative estimate of drug-likeness (QED) is 0.658. The summed E-state index contributed by atoms with van der Waals surface area (Å²) in [7, 11) is 0. The second-order valence-electron chi connectivity index (χ2n) is 6.14. The fourth-order valence-electron chi connectivity index (χ4n) is 2.38. The normalized spacial score (nSPS) is 11.8. The summed E-state index contributed by atoms with van der Waals surface area (Å²) >= 11 is 0. The summed E-state index contributed by atoms with van der Waals surface area (Å²) in [6.07, 6.45) is 0.810. The molecular weight excluding hydrogens is 288 g/mol. The number of carbonyl (C=O) groups is 1. The zero-order chi connectivity index (χ0) is 16.8. The van der Waals surface area contributed by atoms with Crippen LogP contribution in [0.2, 0.25) is 0 Å². The molecule has 0 radical (unpaired) electrons. The van der Waals surface area contributed by atoms with Gasteiger partial charge in [0.15, 0.2) is 0 Å². The first-order valence-electron chi connectivity index (χ1n) is 7.87. The van der Waals surface area contributed by atoms with Crippen LogP contribution in [0.25, 0.3) is 0 Å². The number of amides is 1. The lowest BCUT2D eigenvalue weighted by molar-refractivity contribution is -0.121. The summed E-state index contributed by atoms with van der Waals surface area (Å²) in [6.45, 7) is 8.29. The third kappa shape index (κ3) is 5.06. The van der Waals surface area contributed by atoms with E-state index in [9.17, 15) is 4.79 Å². The number of aryl methyl sites for hydroxylation is 2. The van der Waals surface area contributed by atoms with Crippen molar-refractivity contribution >= 4 is 11.6 Å². The van der Waals surface area contributed by atoms with E-state index in [4.69, 9.17) is 0 Å². The van der Waals surface area contributed by atoms with Gasteiger partial charge in [0.05, 0.1) is 11.4 Å². The number of benzene rings is 1. The molecule has 1 aromatic heterocycles. The number of hydrogen-bond donors (Lipinski definition) is 1. The Hall–Kier alpha value is -2.43. The standard InChI is InChI=1S/C18H24N4O/c1-13(2)10-17(16-8-6-5-7-9-16)19-20-18(23)12-22-15(4)11-14(3)21-22/h5-9,11,13H,10,12H2,1-4H3,(H,20,23)/b19-17-. The Bertz CT molecular complexity index is 686. The molecule has 1 N–H and O–H groups in total. The zero-order valence-electron chi connectivity index (χ0n) is 14.2. The predicted octanol–water partition coefficient (Wildman–Crippen LogP) is 3.07. The Morgan fingerprint density at radius 3 is 2.52 bits per heavy atom. The van der Waals surface area contributed by atoms with Crippen LogP contribution in [0.1, 0.15) is 37.2 Å². The number of nitrogens with one attached hydrogen (secondary N) is 1. The van der Waals surface area contributed by atoms with Crippen LogP contribution in [0.15, 0.2) is 41.5 Å². The van der Waals surface area contributed by atoms with Gasteiger partial charge in [0.1, 0.15) is 6.54 Å². The van der Waals surface area contributed by atoms with Crippen molar-refractivity contribution in [2.45, 2.75) is 40.7 Å². The van der Waals surface area contributed by atoms with Gasteiger partial charge < -0.3 is 0 Å². The Kier molecular flexibility index (Phi) is 5.68. The monoisotopic (exact) mass is 312 g/mol. The van der Waals surface area contributed by atoms with Crippen molar-refractivity contribution < 1.29 is 4.79 Å². The van der Waals surface area contributed by atoms with E-state index in [0.717, 1.165) is 29.1 Å². The highest BCUT2D eigenvalue weighted by Gasteiger charge is 2.09. The first-order chi connectivity index (χ1) is 11.0. The van der Waals surface area contributed by atoms with E-state index in [0.29, 0.717) is 5.92 Å². The summed E-state index contributed by atoms with van der Waals surface area (Å²) in [4.78, 5) is 12.1. The molecule has 1 heterocycles. The maximum atomic E-state index is 12.1. The van der Waals surface area contributed by atoms with Crippen molar-refractivity contribution in [2.24, 2.45) is 11.0 Å². The Morgan fingerprint density at radius 1 is 1.26 bits per heavy atom. The SMILES string of the molecule is Cc1cc(C)n(CC(=O)N/N=C(/CC(C)C)c2ccccc2)n1. The maximum absolute atomic E-state index is 12.1. The largest absolute Gasteiger partial charge is 0.271 e. The molecule has 5 nitrogen and oxygen atoms in total. The van der Waals surface area contributed by atoms with Crippen LogP contribution in [0.3, 0.4) is 0 Å². The summed E-state index contributed by atoms with van der Waals surface area (Å²) in [6, 6.07) is 11.9.